The summed E-state index contributed by atoms with van der Waals surface area (Å²) in [5.41, 5.74) is 1.36. The lowest BCUT2D eigenvalue weighted by atomic mass is 9.93. The number of aliphatic hydroxyl groups is 1. The molecule has 0 radical (unpaired) electrons. The van der Waals surface area contributed by atoms with E-state index < -0.39 is 17.7 Å². The van der Waals surface area contributed by atoms with Gasteiger partial charge in [0.25, 0.3) is 11.7 Å². The second kappa shape index (κ2) is 9.88. The fourth-order valence-corrected chi connectivity index (χ4v) is 4.33. The van der Waals surface area contributed by atoms with Crippen LogP contribution >= 0.6 is 0 Å². The third-order valence-corrected chi connectivity index (χ3v) is 5.84. The molecule has 1 N–H and O–H groups in total. The van der Waals surface area contributed by atoms with E-state index in [1.165, 1.54) is 4.90 Å². The molecule has 1 unspecified atom stereocenters. The smallest absolute Gasteiger partial charge is 0.295 e. The molecule has 1 aliphatic rings. The number of ether oxygens (including phenoxy) is 2. The van der Waals surface area contributed by atoms with E-state index in [4.69, 9.17) is 9.47 Å². The van der Waals surface area contributed by atoms with E-state index in [0.717, 1.165) is 16.3 Å². The number of amides is 1. The maximum Gasteiger partial charge on any atom is 0.295 e. The number of Topliss-reactive ketones (excluding diaryl/α,β-unsaturated/α-hetero) is 1. The first-order valence-electron chi connectivity index (χ1n) is 11.0. The molecule has 33 heavy (non-hydrogen) atoms. The molecule has 170 valence electrons. The summed E-state index contributed by atoms with van der Waals surface area (Å²) in [6.07, 6.45) is 0.575. The van der Waals surface area contributed by atoms with Crippen LogP contribution in [0.4, 0.5) is 0 Å². The molecule has 4 rings (SSSR count). The van der Waals surface area contributed by atoms with Gasteiger partial charge in [0.15, 0.2) is 0 Å². The molecular weight excluding hydrogens is 418 g/mol. The van der Waals surface area contributed by atoms with Gasteiger partial charge in [-0.15, -0.1) is 0 Å². The molecule has 1 saturated heterocycles. The maximum atomic E-state index is 13.2. The van der Waals surface area contributed by atoms with Crippen LogP contribution in [0.2, 0.25) is 0 Å². The summed E-state index contributed by atoms with van der Waals surface area (Å²) in [4.78, 5) is 27.7. The summed E-state index contributed by atoms with van der Waals surface area (Å²) in [5.74, 6) is -0.770. The van der Waals surface area contributed by atoms with Crippen molar-refractivity contribution in [1.29, 1.82) is 0 Å². The Morgan fingerprint density at radius 3 is 2.45 bits per heavy atom. The monoisotopic (exact) mass is 445 g/mol. The zero-order chi connectivity index (χ0) is 23.4. The molecule has 0 spiro atoms. The normalized spacial score (nSPS) is 17.6. The fraction of sp³-hybridized carbons (Fsp3) is 0.259. The SMILES string of the molecule is CCOc1ccc(C2/C(=C(/O)c3cccc4ccccc34)C(=O)C(=O)N2CCCOC)cc1. The highest BCUT2D eigenvalue weighted by molar-refractivity contribution is 6.46. The standard InChI is InChI=1S/C27H27NO5/c1-3-33-20-14-12-19(13-15-20)24-23(26(30)27(31)28(24)16-7-17-32-2)25(29)22-11-6-9-18-8-4-5-10-21(18)22/h4-6,8-15,24,29H,3,7,16-17H2,1-2H3/b25-23-. The topological polar surface area (TPSA) is 76.1 Å². The number of hydrogen-bond acceptors (Lipinski definition) is 5. The Kier molecular flexibility index (Phi) is 6.75. The molecule has 1 atom stereocenters. The summed E-state index contributed by atoms with van der Waals surface area (Å²) in [5, 5.41) is 13.1. The fourth-order valence-electron chi connectivity index (χ4n) is 4.33. The highest BCUT2D eigenvalue weighted by atomic mass is 16.5. The van der Waals surface area contributed by atoms with E-state index in [2.05, 4.69) is 0 Å². The summed E-state index contributed by atoms with van der Waals surface area (Å²) in [6, 6.07) is 19.8. The number of likely N-dealkylation sites (tertiary alicyclic amines) is 1. The first-order chi connectivity index (χ1) is 16.1. The number of ketones is 1. The van der Waals surface area contributed by atoms with Crippen molar-refractivity contribution >= 4 is 28.2 Å². The highest BCUT2D eigenvalue weighted by Crippen LogP contribution is 2.40. The van der Waals surface area contributed by atoms with Crippen molar-refractivity contribution in [2.24, 2.45) is 0 Å². The predicted octanol–water partition coefficient (Wildman–Crippen LogP) is 4.70. The minimum atomic E-state index is -0.698. The number of rotatable bonds is 8. The van der Waals surface area contributed by atoms with Gasteiger partial charge in [0.05, 0.1) is 18.2 Å². The number of methoxy groups -OCH3 is 1. The van der Waals surface area contributed by atoms with Crippen LogP contribution in [-0.2, 0) is 14.3 Å². The van der Waals surface area contributed by atoms with Crippen molar-refractivity contribution in [3.8, 4) is 5.75 Å². The van der Waals surface area contributed by atoms with E-state index >= 15 is 0 Å². The van der Waals surface area contributed by atoms with E-state index in [-0.39, 0.29) is 11.3 Å². The second-order valence-corrected chi connectivity index (χ2v) is 7.87. The molecule has 1 amide bonds. The van der Waals surface area contributed by atoms with E-state index in [1.54, 1.807) is 13.2 Å². The number of aliphatic hydroxyl groups excluding tert-OH is 1. The van der Waals surface area contributed by atoms with Crippen molar-refractivity contribution in [3.05, 3.63) is 83.4 Å². The summed E-state index contributed by atoms with van der Waals surface area (Å²) in [7, 11) is 1.60. The molecule has 3 aromatic rings. The minimum Gasteiger partial charge on any atom is -0.507 e. The molecule has 1 fully saturated rings. The van der Waals surface area contributed by atoms with Crippen molar-refractivity contribution in [2.75, 3.05) is 26.9 Å². The quantitative estimate of drug-likeness (QED) is 0.235. The lowest BCUT2D eigenvalue weighted by molar-refractivity contribution is -0.140. The first kappa shape index (κ1) is 22.6. The Morgan fingerprint density at radius 2 is 1.73 bits per heavy atom. The van der Waals surface area contributed by atoms with E-state index in [9.17, 15) is 14.7 Å². The Hall–Kier alpha value is -3.64. The molecular formula is C27H27NO5. The first-order valence-corrected chi connectivity index (χ1v) is 11.0. The van der Waals surface area contributed by atoms with Crippen LogP contribution in [0.5, 0.6) is 5.75 Å². The number of carbonyl (C=O) groups excluding carboxylic acids is 2. The van der Waals surface area contributed by atoms with Crippen molar-refractivity contribution < 1.29 is 24.2 Å². The van der Waals surface area contributed by atoms with Gasteiger partial charge in [-0.2, -0.15) is 0 Å². The molecule has 1 heterocycles. The van der Waals surface area contributed by atoms with Gasteiger partial charge in [-0.05, 0) is 41.8 Å². The third kappa shape index (κ3) is 4.34. The number of carbonyl (C=O) groups is 2. The Labute approximate surface area is 193 Å². The minimum absolute atomic E-state index is 0.0953. The van der Waals surface area contributed by atoms with Crippen LogP contribution in [0.1, 0.15) is 30.5 Å². The van der Waals surface area contributed by atoms with Crippen LogP contribution < -0.4 is 4.74 Å². The van der Waals surface area contributed by atoms with Crippen LogP contribution in [0.15, 0.2) is 72.3 Å². The van der Waals surface area contributed by atoms with Gasteiger partial charge in [-0.3, -0.25) is 9.59 Å². The molecule has 6 nitrogen and oxygen atoms in total. The average Bonchev–Trinajstić information content (AvgIpc) is 3.09. The van der Waals surface area contributed by atoms with Crippen LogP contribution in [0.3, 0.4) is 0 Å². The van der Waals surface area contributed by atoms with Gasteiger partial charge in [0.1, 0.15) is 11.5 Å². The average molecular weight is 446 g/mol. The molecule has 0 bridgehead atoms. The lowest BCUT2D eigenvalue weighted by Crippen LogP contribution is -2.31. The Morgan fingerprint density at radius 1 is 1.00 bits per heavy atom. The Balaban J connectivity index is 1.86. The zero-order valence-electron chi connectivity index (χ0n) is 18.8. The number of nitrogens with zero attached hydrogens (tertiary/aromatic N) is 1. The second-order valence-electron chi connectivity index (χ2n) is 7.87. The van der Waals surface area contributed by atoms with Crippen molar-refractivity contribution in [3.63, 3.8) is 0 Å². The predicted molar refractivity (Wildman–Crippen MR) is 127 cm³/mol. The molecule has 0 aliphatic carbocycles. The lowest BCUT2D eigenvalue weighted by Gasteiger charge is -2.25. The van der Waals surface area contributed by atoms with Gasteiger partial charge in [-0.25, -0.2) is 0 Å². The molecule has 3 aromatic carbocycles. The van der Waals surface area contributed by atoms with E-state index in [0.29, 0.717) is 37.5 Å². The van der Waals surface area contributed by atoms with Crippen LogP contribution in [-0.4, -0.2) is 48.6 Å². The van der Waals surface area contributed by atoms with Gasteiger partial charge in [0.2, 0.25) is 0 Å². The highest BCUT2D eigenvalue weighted by Gasteiger charge is 2.45. The summed E-state index contributed by atoms with van der Waals surface area (Å²) >= 11 is 0. The molecule has 0 saturated carbocycles. The van der Waals surface area contributed by atoms with Gasteiger partial charge in [-0.1, -0.05) is 54.6 Å². The number of benzene rings is 3. The van der Waals surface area contributed by atoms with Crippen LogP contribution in [0, 0.1) is 0 Å². The molecule has 1 aliphatic heterocycles. The van der Waals surface area contributed by atoms with Crippen molar-refractivity contribution in [1.82, 2.24) is 4.90 Å². The van der Waals surface area contributed by atoms with Gasteiger partial charge >= 0.3 is 0 Å². The van der Waals surface area contributed by atoms with Gasteiger partial charge in [0, 0.05) is 25.8 Å². The summed E-state index contributed by atoms with van der Waals surface area (Å²) < 4.78 is 10.7. The molecule has 0 aromatic heterocycles. The number of hydrogen-bond donors (Lipinski definition) is 1. The zero-order valence-corrected chi connectivity index (χ0v) is 18.8. The largest absolute Gasteiger partial charge is 0.507 e. The van der Waals surface area contributed by atoms with Crippen molar-refractivity contribution in [2.45, 2.75) is 19.4 Å². The van der Waals surface area contributed by atoms with Gasteiger partial charge < -0.3 is 19.5 Å². The number of fused-ring (bicyclic) bond motifs is 1. The maximum absolute atomic E-state index is 13.2. The summed E-state index contributed by atoms with van der Waals surface area (Å²) in [6.45, 7) is 3.24. The van der Waals surface area contributed by atoms with Crippen LogP contribution in [0.25, 0.3) is 16.5 Å². The Bertz CT molecular complexity index is 1190. The molecule has 6 heteroatoms. The van der Waals surface area contributed by atoms with E-state index in [1.807, 2.05) is 67.6 Å². The third-order valence-electron chi connectivity index (χ3n) is 5.84.